The van der Waals surface area contributed by atoms with E-state index in [1.54, 1.807) is 0 Å². The van der Waals surface area contributed by atoms with Crippen LogP contribution in [0.1, 0.15) is 44.0 Å². The van der Waals surface area contributed by atoms with Crippen LogP contribution in [0.4, 0.5) is 0 Å². The van der Waals surface area contributed by atoms with Crippen LogP contribution >= 0.6 is 0 Å². The maximum absolute atomic E-state index is 5.49. The summed E-state index contributed by atoms with van der Waals surface area (Å²) >= 11 is 0. The Bertz CT molecular complexity index is 266. The molecule has 1 saturated heterocycles. The Hall–Kier alpha value is -0.900. The van der Waals surface area contributed by atoms with Gasteiger partial charge in [0.05, 0.1) is 6.04 Å². The molecule has 0 saturated carbocycles. The molecule has 0 bridgehead atoms. The zero-order valence-electron chi connectivity index (χ0n) is 7.92. The standard InChI is InChI=1S/C9H15N3O/c1-2-8-11-12-9(13-8)7-5-3-4-6-10-7/h7,10H,2-6H2,1H3. The molecule has 1 aromatic heterocycles. The third-order valence-electron chi connectivity index (χ3n) is 2.39. The first-order chi connectivity index (χ1) is 6.40. The number of aryl methyl sites for hydroxylation is 1. The van der Waals surface area contributed by atoms with Crippen molar-refractivity contribution in [3.63, 3.8) is 0 Å². The largest absolute Gasteiger partial charge is 0.424 e. The van der Waals surface area contributed by atoms with Crippen molar-refractivity contribution in [2.75, 3.05) is 6.54 Å². The van der Waals surface area contributed by atoms with Gasteiger partial charge in [-0.05, 0) is 19.4 Å². The summed E-state index contributed by atoms with van der Waals surface area (Å²) < 4.78 is 5.49. The molecule has 13 heavy (non-hydrogen) atoms. The van der Waals surface area contributed by atoms with Crippen molar-refractivity contribution >= 4 is 0 Å². The molecule has 4 nitrogen and oxygen atoms in total. The van der Waals surface area contributed by atoms with Crippen molar-refractivity contribution in [3.05, 3.63) is 11.8 Å². The van der Waals surface area contributed by atoms with Crippen LogP contribution < -0.4 is 5.32 Å². The lowest BCUT2D eigenvalue weighted by atomic mass is 10.1. The number of aromatic nitrogens is 2. The molecule has 0 aromatic carbocycles. The molecule has 1 aliphatic heterocycles. The fourth-order valence-corrected chi connectivity index (χ4v) is 1.61. The fraction of sp³-hybridized carbons (Fsp3) is 0.778. The van der Waals surface area contributed by atoms with Gasteiger partial charge < -0.3 is 9.73 Å². The summed E-state index contributed by atoms with van der Waals surface area (Å²) in [7, 11) is 0. The lowest BCUT2D eigenvalue weighted by molar-refractivity contribution is 0.330. The lowest BCUT2D eigenvalue weighted by Gasteiger charge is -2.19. The van der Waals surface area contributed by atoms with Gasteiger partial charge in [-0.25, -0.2) is 0 Å². The predicted octanol–water partition coefficient (Wildman–Crippen LogP) is 1.45. The molecule has 1 unspecified atom stereocenters. The van der Waals surface area contributed by atoms with Gasteiger partial charge in [0, 0.05) is 6.42 Å². The zero-order chi connectivity index (χ0) is 9.10. The smallest absolute Gasteiger partial charge is 0.233 e. The summed E-state index contributed by atoms with van der Waals surface area (Å²) in [6.45, 7) is 3.08. The van der Waals surface area contributed by atoms with Gasteiger partial charge in [-0.3, -0.25) is 0 Å². The highest BCUT2D eigenvalue weighted by atomic mass is 16.4. The van der Waals surface area contributed by atoms with Crippen molar-refractivity contribution in [3.8, 4) is 0 Å². The van der Waals surface area contributed by atoms with Crippen LogP contribution in [-0.4, -0.2) is 16.7 Å². The second-order valence-electron chi connectivity index (χ2n) is 3.39. The lowest BCUT2D eigenvalue weighted by Crippen LogP contribution is -2.26. The van der Waals surface area contributed by atoms with Gasteiger partial charge in [-0.1, -0.05) is 13.3 Å². The second-order valence-corrected chi connectivity index (χ2v) is 3.39. The van der Waals surface area contributed by atoms with Gasteiger partial charge in [0.25, 0.3) is 0 Å². The summed E-state index contributed by atoms with van der Waals surface area (Å²) in [5.74, 6) is 1.50. The number of hydrogen-bond acceptors (Lipinski definition) is 4. The van der Waals surface area contributed by atoms with Crippen LogP contribution in [0.5, 0.6) is 0 Å². The van der Waals surface area contributed by atoms with Gasteiger partial charge in [0.2, 0.25) is 11.8 Å². The van der Waals surface area contributed by atoms with Crippen LogP contribution in [0.25, 0.3) is 0 Å². The third kappa shape index (κ3) is 1.88. The van der Waals surface area contributed by atoms with Gasteiger partial charge in [-0.15, -0.1) is 10.2 Å². The van der Waals surface area contributed by atoms with Crippen molar-refractivity contribution in [2.24, 2.45) is 0 Å². The molecule has 0 amide bonds. The molecular weight excluding hydrogens is 166 g/mol. The minimum atomic E-state index is 0.293. The summed E-state index contributed by atoms with van der Waals surface area (Å²) in [6.07, 6.45) is 4.44. The maximum Gasteiger partial charge on any atom is 0.233 e. The van der Waals surface area contributed by atoms with E-state index in [9.17, 15) is 0 Å². The van der Waals surface area contributed by atoms with Gasteiger partial charge in [0.15, 0.2) is 0 Å². The Morgan fingerprint density at radius 2 is 2.38 bits per heavy atom. The van der Waals surface area contributed by atoms with Crippen molar-refractivity contribution in [1.82, 2.24) is 15.5 Å². The van der Waals surface area contributed by atoms with E-state index in [0.29, 0.717) is 6.04 Å². The molecule has 2 rings (SSSR count). The first kappa shape index (κ1) is 8.69. The van der Waals surface area contributed by atoms with Crippen LogP contribution in [0, 0.1) is 0 Å². The topological polar surface area (TPSA) is 51.0 Å². The normalized spacial score (nSPS) is 23.3. The Morgan fingerprint density at radius 3 is 3.00 bits per heavy atom. The number of nitrogens with zero attached hydrogens (tertiary/aromatic N) is 2. The van der Waals surface area contributed by atoms with E-state index in [1.165, 1.54) is 12.8 Å². The Kier molecular flexibility index (Phi) is 2.59. The SMILES string of the molecule is CCc1nnc(C2CCCCN2)o1. The molecule has 0 aliphatic carbocycles. The molecule has 2 heterocycles. The average Bonchev–Trinajstić information content (AvgIpc) is 2.67. The summed E-state index contributed by atoms with van der Waals surface area (Å²) in [4.78, 5) is 0. The van der Waals surface area contributed by atoms with E-state index in [1.807, 2.05) is 6.92 Å². The minimum absolute atomic E-state index is 0.293. The second kappa shape index (κ2) is 3.87. The van der Waals surface area contributed by atoms with Gasteiger partial charge in [-0.2, -0.15) is 0 Å². The van der Waals surface area contributed by atoms with Crippen LogP contribution in [0.3, 0.4) is 0 Å². The van der Waals surface area contributed by atoms with Gasteiger partial charge in [0.1, 0.15) is 0 Å². The van der Waals surface area contributed by atoms with E-state index >= 15 is 0 Å². The molecular formula is C9H15N3O. The van der Waals surface area contributed by atoms with E-state index in [0.717, 1.165) is 31.2 Å². The van der Waals surface area contributed by atoms with Crippen LogP contribution in [0.2, 0.25) is 0 Å². The van der Waals surface area contributed by atoms with E-state index in [2.05, 4.69) is 15.5 Å². The zero-order valence-corrected chi connectivity index (χ0v) is 7.92. The van der Waals surface area contributed by atoms with E-state index in [-0.39, 0.29) is 0 Å². The summed E-state index contributed by atoms with van der Waals surface area (Å²) in [5, 5.41) is 11.4. The molecule has 0 spiro atoms. The minimum Gasteiger partial charge on any atom is -0.424 e. The number of rotatable bonds is 2. The predicted molar refractivity (Wildman–Crippen MR) is 48.3 cm³/mol. The number of nitrogens with one attached hydrogen (secondary N) is 1. The van der Waals surface area contributed by atoms with Crippen LogP contribution in [-0.2, 0) is 6.42 Å². The molecule has 4 heteroatoms. The quantitative estimate of drug-likeness (QED) is 0.750. The van der Waals surface area contributed by atoms with E-state index < -0.39 is 0 Å². The average molecular weight is 181 g/mol. The molecule has 72 valence electrons. The number of hydrogen-bond donors (Lipinski definition) is 1. The molecule has 0 radical (unpaired) electrons. The molecule has 1 atom stereocenters. The highest BCUT2D eigenvalue weighted by Gasteiger charge is 2.19. The third-order valence-corrected chi connectivity index (χ3v) is 2.39. The summed E-state index contributed by atoms with van der Waals surface area (Å²) in [5.41, 5.74) is 0. The summed E-state index contributed by atoms with van der Waals surface area (Å²) in [6, 6.07) is 0.293. The Labute approximate surface area is 77.7 Å². The fourth-order valence-electron chi connectivity index (χ4n) is 1.61. The van der Waals surface area contributed by atoms with Gasteiger partial charge >= 0.3 is 0 Å². The Morgan fingerprint density at radius 1 is 1.46 bits per heavy atom. The Balaban J connectivity index is 2.05. The monoisotopic (exact) mass is 181 g/mol. The highest BCUT2D eigenvalue weighted by molar-refractivity contribution is 4.91. The van der Waals surface area contributed by atoms with Crippen molar-refractivity contribution in [1.29, 1.82) is 0 Å². The molecule has 1 fully saturated rings. The first-order valence-electron chi connectivity index (χ1n) is 4.96. The van der Waals surface area contributed by atoms with Crippen molar-refractivity contribution in [2.45, 2.75) is 38.6 Å². The van der Waals surface area contributed by atoms with E-state index in [4.69, 9.17) is 4.42 Å². The highest BCUT2D eigenvalue weighted by Crippen LogP contribution is 2.21. The van der Waals surface area contributed by atoms with Crippen molar-refractivity contribution < 1.29 is 4.42 Å². The maximum atomic E-state index is 5.49. The molecule has 1 N–H and O–H groups in total. The molecule has 1 aromatic rings. The number of piperidine rings is 1. The molecule has 1 aliphatic rings. The van der Waals surface area contributed by atoms with Crippen LogP contribution in [0.15, 0.2) is 4.42 Å². The first-order valence-corrected chi connectivity index (χ1v) is 4.96.